The molecular formula is C18H21BrNO2+. The summed E-state index contributed by atoms with van der Waals surface area (Å²) in [6, 6.07) is 6.27. The van der Waals surface area contributed by atoms with Crippen molar-refractivity contribution in [3.05, 3.63) is 51.8 Å². The highest BCUT2D eigenvalue weighted by Gasteiger charge is 2.16. The number of fused-ring (bicyclic) bond motifs is 1. The molecule has 3 nitrogen and oxygen atoms in total. The lowest BCUT2D eigenvalue weighted by atomic mass is 9.93. The van der Waals surface area contributed by atoms with Crippen molar-refractivity contribution in [2.24, 2.45) is 0 Å². The van der Waals surface area contributed by atoms with Gasteiger partial charge >= 0.3 is 0 Å². The third-order valence-corrected chi connectivity index (χ3v) is 4.99. The Kier molecular flexibility index (Phi) is 4.67. The van der Waals surface area contributed by atoms with Crippen molar-refractivity contribution in [3.63, 3.8) is 0 Å². The second-order valence-electron chi connectivity index (χ2n) is 5.67. The van der Waals surface area contributed by atoms with Crippen molar-refractivity contribution in [1.82, 2.24) is 0 Å². The van der Waals surface area contributed by atoms with Crippen LogP contribution in [0, 0.1) is 0 Å². The molecule has 0 unspecified atom stereocenters. The van der Waals surface area contributed by atoms with Gasteiger partial charge in [0.05, 0.1) is 14.2 Å². The minimum atomic E-state index is 0.744. The summed E-state index contributed by atoms with van der Waals surface area (Å²) in [6.07, 6.45) is 9.50. The predicted molar refractivity (Wildman–Crippen MR) is 89.6 cm³/mol. The van der Waals surface area contributed by atoms with E-state index in [2.05, 4.69) is 39.0 Å². The fourth-order valence-corrected chi connectivity index (χ4v) is 3.48. The largest absolute Gasteiger partial charge is 0.493 e. The monoisotopic (exact) mass is 362 g/mol. The van der Waals surface area contributed by atoms with Crippen molar-refractivity contribution in [2.45, 2.75) is 32.2 Å². The van der Waals surface area contributed by atoms with Crippen LogP contribution >= 0.6 is 15.9 Å². The van der Waals surface area contributed by atoms with Gasteiger partial charge in [-0.05, 0) is 43.4 Å². The topological polar surface area (TPSA) is 22.3 Å². The minimum absolute atomic E-state index is 0.744. The van der Waals surface area contributed by atoms with Crippen molar-refractivity contribution >= 4 is 15.9 Å². The molecule has 0 saturated heterocycles. The highest BCUT2D eigenvalue weighted by Crippen LogP contribution is 2.33. The summed E-state index contributed by atoms with van der Waals surface area (Å²) in [5.41, 5.74) is 4.18. The Morgan fingerprint density at radius 3 is 2.45 bits per heavy atom. The summed E-state index contributed by atoms with van der Waals surface area (Å²) in [5, 5.41) is 0. The molecule has 1 aliphatic carbocycles. The molecule has 1 heterocycles. The number of aryl methyl sites for hydroxylation is 2. The van der Waals surface area contributed by atoms with Crippen molar-refractivity contribution < 1.29 is 14.0 Å². The number of hydrogen-bond acceptors (Lipinski definition) is 2. The molecule has 0 spiro atoms. The molecule has 4 heteroatoms. The van der Waals surface area contributed by atoms with E-state index < -0.39 is 0 Å². The lowest BCUT2D eigenvalue weighted by Gasteiger charge is -2.14. The molecule has 1 aromatic heterocycles. The number of hydrogen-bond donors (Lipinski definition) is 0. The maximum absolute atomic E-state index is 5.41. The van der Waals surface area contributed by atoms with E-state index in [9.17, 15) is 0 Å². The van der Waals surface area contributed by atoms with Gasteiger partial charge in [-0.1, -0.05) is 15.9 Å². The van der Waals surface area contributed by atoms with E-state index in [1.165, 1.54) is 42.4 Å². The quantitative estimate of drug-likeness (QED) is 0.774. The number of ether oxygens (including phenoxy) is 2. The number of halogens is 1. The van der Waals surface area contributed by atoms with Gasteiger partial charge in [-0.2, -0.15) is 0 Å². The van der Waals surface area contributed by atoms with Crippen molar-refractivity contribution in [3.8, 4) is 11.5 Å². The average Bonchev–Trinajstić information content (AvgIpc) is 2.56. The number of rotatable bonds is 4. The van der Waals surface area contributed by atoms with Gasteiger partial charge in [0.25, 0.3) is 0 Å². The van der Waals surface area contributed by atoms with E-state index in [1.807, 2.05) is 12.1 Å². The van der Waals surface area contributed by atoms with Crippen LogP contribution in [0.25, 0.3) is 0 Å². The van der Waals surface area contributed by atoms with E-state index in [1.54, 1.807) is 14.2 Å². The molecule has 0 atom stereocenters. The first-order chi connectivity index (χ1) is 10.7. The first-order valence-electron chi connectivity index (χ1n) is 7.62. The van der Waals surface area contributed by atoms with Gasteiger partial charge in [-0.25, -0.2) is 4.57 Å². The van der Waals surface area contributed by atoms with Crippen LogP contribution in [0.15, 0.2) is 35.1 Å². The molecule has 0 bridgehead atoms. The van der Waals surface area contributed by atoms with Gasteiger partial charge in [0.1, 0.15) is 0 Å². The molecular weight excluding hydrogens is 342 g/mol. The van der Waals surface area contributed by atoms with Crippen LogP contribution in [0.1, 0.15) is 29.5 Å². The van der Waals surface area contributed by atoms with E-state index >= 15 is 0 Å². The Balaban J connectivity index is 1.89. The maximum atomic E-state index is 5.41. The van der Waals surface area contributed by atoms with Crippen LogP contribution in [-0.2, 0) is 19.4 Å². The number of pyridine rings is 1. The van der Waals surface area contributed by atoms with Crippen molar-refractivity contribution in [1.29, 1.82) is 0 Å². The summed E-state index contributed by atoms with van der Waals surface area (Å²) in [5.74, 6) is 1.51. The van der Waals surface area contributed by atoms with Gasteiger partial charge in [-0.15, -0.1) is 0 Å². The lowest BCUT2D eigenvalue weighted by Crippen LogP contribution is -2.35. The molecule has 0 radical (unpaired) electrons. The van der Waals surface area contributed by atoms with Crippen LogP contribution in [0.4, 0.5) is 0 Å². The number of aromatic nitrogens is 1. The normalized spacial score (nSPS) is 13.6. The molecule has 0 amide bonds. The van der Waals surface area contributed by atoms with E-state index in [0.717, 1.165) is 22.5 Å². The highest BCUT2D eigenvalue weighted by atomic mass is 79.9. The Morgan fingerprint density at radius 1 is 1.05 bits per heavy atom. The number of nitrogens with zero attached hydrogens (tertiary/aromatic N) is 1. The zero-order valence-electron chi connectivity index (χ0n) is 13.1. The second-order valence-corrected chi connectivity index (χ2v) is 6.53. The lowest BCUT2D eigenvalue weighted by molar-refractivity contribution is -0.688. The summed E-state index contributed by atoms with van der Waals surface area (Å²) >= 11 is 3.63. The molecule has 0 saturated carbocycles. The van der Waals surface area contributed by atoms with Gasteiger partial charge in [0, 0.05) is 21.7 Å². The summed E-state index contributed by atoms with van der Waals surface area (Å²) < 4.78 is 14.0. The molecule has 0 aliphatic heterocycles. The Bertz CT molecular complexity index is 685. The van der Waals surface area contributed by atoms with Crippen LogP contribution in [0.3, 0.4) is 0 Å². The summed E-state index contributed by atoms with van der Waals surface area (Å²) in [4.78, 5) is 0. The molecule has 1 aliphatic rings. The van der Waals surface area contributed by atoms with Crippen LogP contribution in [0.2, 0.25) is 0 Å². The zero-order valence-corrected chi connectivity index (χ0v) is 14.6. The van der Waals surface area contributed by atoms with Gasteiger partial charge in [0.15, 0.2) is 30.4 Å². The molecule has 0 N–H and O–H groups in total. The fourth-order valence-electron chi connectivity index (χ4n) is 3.03. The summed E-state index contributed by atoms with van der Waals surface area (Å²) in [6.45, 7) is 0.814. The molecule has 3 rings (SSSR count). The van der Waals surface area contributed by atoms with Gasteiger partial charge in [0.2, 0.25) is 0 Å². The van der Waals surface area contributed by atoms with Crippen LogP contribution < -0.4 is 14.0 Å². The third-order valence-electron chi connectivity index (χ3n) is 4.25. The molecule has 22 heavy (non-hydrogen) atoms. The van der Waals surface area contributed by atoms with Gasteiger partial charge < -0.3 is 9.47 Å². The van der Waals surface area contributed by atoms with E-state index in [4.69, 9.17) is 9.47 Å². The number of benzene rings is 1. The molecule has 2 aromatic rings. The van der Waals surface area contributed by atoms with Crippen LogP contribution in [0.5, 0.6) is 11.5 Å². The number of methoxy groups -OCH3 is 2. The SMILES string of the molecule is COc1cc(Br)c(C[n+]2ccc3c(c2)CCCC3)cc1OC. The third kappa shape index (κ3) is 3.12. The Labute approximate surface area is 140 Å². The van der Waals surface area contributed by atoms with E-state index in [-0.39, 0.29) is 0 Å². The first-order valence-corrected chi connectivity index (χ1v) is 8.42. The fraction of sp³-hybridized carbons (Fsp3) is 0.389. The van der Waals surface area contributed by atoms with Crippen molar-refractivity contribution in [2.75, 3.05) is 14.2 Å². The van der Waals surface area contributed by atoms with E-state index in [0.29, 0.717) is 0 Å². The molecule has 1 aromatic carbocycles. The average molecular weight is 363 g/mol. The minimum Gasteiger partial charge on any atom is -0.493 e. The van der Waals surface area contributed by atoms with Gasteiger partial charge in [-0.3, -0.25) is 0 Å². The second kappa shape index (κ2) is 6.69. The Hall–Kier alpha value is -1.55. The standard InChI is InChI=1S/C18H21BrNO2/c1-21-17-9-15(16(19)10-18(17)22-2)12-20-8-7-13-5-3-4-6-14(13)11-20/h7-11H,3-6,12H2,1-2H3/q+1. The maximum Gasteiger partial charge on any atom is 0.175 e. The smallest absolute Gasteiger partial charge is 0.175 e. The predicted octanol–water partition coefficient (Wildman–Crippen LogP) is 3.68. The van der Waals surface area contributed by atoms with Crippen LogP contribution in [-0.4, -0.2) is 14.2 Å². The molecule has 0 fully saturated rings. The first kappa shape index (κ1) is 15.3. The Morgan fingerprint density at radius 2 is 1.73 bits per heavy atom. The zero-order chi connectivity index (χ0) is 15.5. The molecule has 116 valence electrons. The summed E-state index contributed by atoms with van der Waals surface area (Å²) in [7, 11) is 3.32. The highest BCUT2D eigenvalue weighted by molar-refractivity contribution is 9.10.